The van der Waals surface area contributed by atoms with Crippen molar-refractivity contribution >= 4 is 0 Å². The first-order valence-corrected chi connectivity index (χ1v) is 5.94. The van der Waals surface area contributed by atoms with Gasteiger partial charge in [-0.2, -0.15) is 0 Å². The molecule has 0 aliphatic heterocycles. The minimum atomic E-state index is -1.09. The van der Waals surface area contributed by atoms with Crippen LogP contribution in [0.5, 0.6) is 0 Å². The van der Waals surface area contributed by atoms with Crippen LogP contribution in [-0.4, -0.2) is 35.8 Å². The van der Waals surface area contributed by atoms with Gasteiger partial charge in [-0.3, -0.25) is 0 Å². The van der Waals surface area contributed by atoms with E-state index in [1.807, 2.05) is 0 Å². The van der Waals surface area contributed by atoms with Gasteiger partial charge in [-0.25, -0.2) is 20.3 Å². The minimum Gasteiger partial charge on any atom is -0.351 e. The molecule has 6 nitrogen and oxygen atoms in total. The lowest BCUT2D eigenvalue weighted by Gasteiger charge is -2.34. The summed E-state index contributed by atoms with van der Waals surface area (Å²) in [7, 11) is 1.44. The largest absolute Gasteiger partial charge is 0.351 e. The predicted molar refractivity (Wildman–Crippen MR) is 59.2 cm³/mol. The third-order valence-electron chi connectivity index (χ3n) is 3.33. The Bertz CT molecular complexity index is 210. The van der Waals surface area contributed by atoms with Gasteiger partial charge in [0.15, 0.2) is 5.79 Å². The molecule has 0 aromatic rings. The molecular weight excluding hydrogens is 228 g/mol. The highest BCUT2D eigenvalue weighted by Crippen LogP contribution is 2.32. The van der Waals surface area contributed by atoms with Crippen LogP contribution in [0.15, 0.2) is 0 Å². The van der Waals surface area contributed by atoms with Crippen molar-refractivity contribution in [3.05, 3.63) is 0 Å². The highest BCUT2D eigenvalue weighted by Gasteiger charge is 2.36. The lowest BCUT2D eigenvalue weighted by Crippen LogP contribution is -2.39. The zero-order valence-electron chi connectivity index (χ0n) is 10.5. The van der Waals surface area contributed by atoms with Crippen molar-refractivity contribution in [2.75, 3.05) is 13.7 Å². The molecule has 1 atom stereocenters. The van der Waals surface area contributed by atoms with E-state index in [9.17, 15) is 0 Å². The topological polar surface area (TPSA) is 77.4 Å². The Morgan fingerprint density at radius 1 is 1.18 bits per heavy atom. The summed E-state index contributed by atoms with van der Waals surface area (Å²) < 4.78 is 10.6. The van der Waals surface area contributed by atoms with Gasteiger partial charge in [-0.15, -0.1) is 0 Å². The fourth-order valence-corrected chi connectivity index (χ4v) is 1.96. The fraction of sp³-hybridized carbons (Fsp3) is 1.00. The molecule has 6 heteroatoms. The summed E-state index contributed by atoms with van der Waals surface area (Å²) in [6.45, 7) is 1.87. The molecule has 0 saturated heterocycles. The van der Waals surface area contributed by atoms with Gasteiger partial charge in [0.1, 0.15) is 0 Å². The Morgan fingerprint density at radius 3 is 2.29 bits per heavy atom. The molecule has 17 heavy (non-hydrogen) atoms. The van der Waals surface area contributed by atoms with Crippen LogP contribution < -0.4 is 0 Å². The first kappa shape index (κ1) is 14.8. The van der Waals surface area contributed by atoms with E-state index in [-0.39, 0.29) is 6.61 Å². The van der Waals surface area contributed by atoms with Crippen LogP contribution in [-0.2, 0) is 19.2 Å². The first-order chi connectivity index (χ1) is 8.10. The highest BCUT2D eigenvalue weighted by atomic mass is 17.2. The number of hydrogen-bond donors (Lipinski definition) is 2. The predicted octanol–water partition coefficient (Wildman–Crippen LogP) is 2.40. The second-order valence-corrected chi connectivity index (χ2v) is 4.59. The van der Waals surface area contributed by atoms with Crippen molar-refractivity contribution in [1.82, 2.24) is 0 Å². The van der Waals surface area contributed by atoms with E-state index in [0.717, 1.165) is 19.3 Å². The van der Waals surface area contributed by atoms with Crippen LogP contribution in [0.4, 0.5) is 0 Å². The molecule has 1 fully saturated rings. The third kappa shape index (κ3) is 4.17. The Kier molecular flexibility index (Phi) is 5.78. The Balaban J connectivity index is 2.37. The third-order valence-corrected chi connectivity index (χ3v) is 3.33. The standard InChI is InChI=1S/C11H22O6/c1-10(14-2,16-12)8-9-15-11(17-13)6-4-3-5-7-11/h12-13H,3-9H2,1-2H3. The second kappa shape index (κ2) is 6.63. The van der Waals surface area contributed by atoms with Crippen molar-refractivity contribution in [2.24, 2.45) is 0 Å². The quantitative estimate of drug-likeness (QED) is 0.410. The van der Waals surface area contributed by atoms with Gasteiger partial charge in [0.25, 0.3) is 0 Å². The lowest BCUT2D eigenvalue weighted by atomic mass is 9.94. The number of methoxy groups -OCH3 is 1. The molecule has 1 aliphatic carbocycles. The molecule has 102 valence electrons. The van der Waals surface area contributed by atoms with Crippen LogP contribution in [0.3, 0.4) is 0 Å². The summed E-state index contributed by atoms with van der Waals surface area (Å²) in [5, 5.41) is 17.6. The zero-order valence-corrected chi connectivity index (χ0v) is 10.5. The van der Waals surface area contributed by atoms with Gasteiger partial charge in [0.05, 0.1) is 6.61 Å². The van der Waals surface area contributed by atoms with Gasteiger partial charge < -0.3 is 9.47 Å². The number of ether oxygens (including phenoxy) is 2. The second-order valence-electron chi connectivity index (χ2n) is 4.59. The molecule has 1 unspecified atom stereocenters. The lowest BCUT2D eigenvalue weighted by molar-refractivity contribution is -0.422. The van der Waals surface area contributed by atoms with Gasteiger partial charge >= 0.3 is 0 Å². The van der Waals surface area contributed by atoms with Crippen LogP contribution in [0.1, 0.15) is 45.4 Å². The monoisotopic (exact) mass is 250 g/mol. The van der Waals surface area contributed by atoms with E-state index in [0.29, 0.717) is 19.3 Å². The fourth-order valence-electron chi connectivity index (χ4n) is 1.96. The molecular formula is C11H22O6. The van der Waals surface area contributed by atoms with E-state index in [2.05, 4.69) is 9.78 Å². The van der Waals surface area contributed by atoms with Crippen LogP contribution >= 0.6 is 0 Å². The molecule has 0 aromatic heterocycles. The van der Waals surface area contributed by atoms with E-state index in [1.165, 1.54) is 7.11 Å². The Morgan fingerprint density at radius 2 is 1.82 bits per heavy atom. The summed E-state index contributed by atoms with van der Waals surface area (Å²) in [5.74, 6) is -1.99. The molecule has 0 aromatic carbocycles. The van der Waals surface area contributed by atoms with Crippen molar-refractivity contribution in [3.63, 3.8) is 0 Å². The molecule has 1 aliphatic rings. The Labute approximate surface area is 101 Å². The number of hydrogen-bond acceptors (Lipinski definition) is 6. The van der Waals surface area contributed by atoms with Crippen molar-refractivity contribution in [3.8, 4) is 0 Å². The molecule has 0 spiro atoms. The molecule has 1 rings (SSSR count). The van der Waals surface area contributed by atoms with Crippen LogP contribution in [0.25, 0.3) is 0 Å². The van der Waals surface area contributed by atoms with Crippen LogP contribution in [0.2, 0.25) is 0 Å². The molecule has 0 radical (unpaired) electrons. The highest BCUT2D eigenvalue weighted by molar-refractivity contribution is 4.74. The molecule has 1 saturated carbocycles. The average Bonchev–Trinajstić information content (AvgIpc) is 2.39. The van der Waals surface area contributed by atoms with Gasteiger partial charge in [0.2, 0.25) is 5.79 Å². The maximum absolute atomic E-state index is 8.95. The van der Waals surface area contributed by atoms with Gasteiger partial charge in [0, 0.05) is 26.4 Å². The molecule has 0 bridgehead atoms. The maximum Gasteiger partial charge on any atom is 0.201 e. The zero-order chi connectivity index (χ0) is 12.8. The smallest absolute Gasteiger partial charge is 0.201 e. The van der Waals surface area contributed by atoms with Crippen molar-refractivity contribution in [2.45, 2.75) is 57.0 Å². The van der Waals surface area contributed by atoms with Crippen molar-refractivity contribution in [1.29, 1.82) is 0 Å². The SMILES string of the molecule is COC(C)(CCOC1(OO)CCCCC1)OO. The average molecular weight is 250 g/mol. The van der Waals surface area contributed by atoms with Gasteiger partial charge in [-0.05, 0) is 19.8 Å². The molecule has 0 amide bonds. The summed E-state index contributed by atoms with van der Waals surface area (Å²) in [5.41, 5.74) is 0. The summed E-state index contributed by atoms with van der Waals surface area (Å²) in [4.78, 5) is 8.73. The molecule has 2 N–H and O–H groups in total. The maximum atomic E-state index is 8.95. The van der Waals surface area contributed by atoms with E-state index in [1.54, 1.807) is 6.92 Å². The van der Waals surface area contributed by atoms with E-state index < -0.39 is 11.6 Å². The van der Waals surface area contributed by atoms with Crippen molar-refractivity contribution < 1.29 is 29.8 Å². The van der Waals surface area contributed by atoms with E-state index >= 15 is 0 Å². The summed E-state index contributed by atoms with van der Waals surface area (Å²) in [6.07, 6.45) is 4.76. The number of rotatable bonds is 7. The minimum absolute atomic E-state index is 0.269. The summed E-state index contributed by atoms with van der Waals surface area (Å²) in [6, 6.07) is 0. The Hall–Kier alpha value is -0.240. The van der Waals surface area contributed by atoms with Crippen LogP contribution in [0, 0.1) is 0 Å². The normalized spacial score (nSPS) is 23.3. The van der Waals surface area contributed by atoms with E-state index in [4.69, 9.17) is 20.0 Å². The van der Waals surface area contributed by atoms with Gasteiger partial charge in [-0.1, -0.05) is 6.42 Å². The first-order valence-electron chi connectivity index (χ1n) is 5.94. The molecule has 0 heterocycles. The summed E-state index contributed by atoms with van der Waals surface area (Å²) >= 11 is 0.